The summed E-state index contributed by atoms with van der Waals surface area (Å²) in [5.74, 6) is -6.77. The molecular formula is C19H19FN4O7S. The molecule has 1 amide bonds. The highest BCUT2D eigenvalue weighted by Crippen LogP contribution is 2.22. The Morgan fingerprint density at radius 1 is 1.31 bits per heavy atom. The van der Waals surface area contributed by atoms with E-state index in [2.05, 4.69) is 10.3 Å². The van der Waals surface area contributed by atoms with Crippen LogP contribution >= 0.6 is 11.3 Å². The molecule has 0 fully saturated rings. The quantitative estimate of drug-likeness (QED) is 0.147. The Morgan fingerprint density at radius 2 is 2.00 bits per heavy atom. The number of benzene rings is 1. The first kappa shape index (κ1) is 24.4. The highest BCUT2D eigenvalue weighted by atomic mass is 32.1. The number of hydrogen-bond donors (Lipinski definition) is 5. The van der Waals surface area contributed by atoms with Crippen molar-refractivity contribution in [3.63, 3.8) is 0 Å². The van der Waals surface area contributed by atoms with Gasteiger partial charge in [0.25, 0.3) is 0 Å². The normalized spacial score (nSPS) is 12.4. The minimum atomic E-state index is -1.58. The number of aromatic nitrogens is 1. The predicted molar refractivity (Wildman–Crippen MR) is 109 cm³/mol. The van der Waals surface area contributed by atoms with Crippen LogP contribution in [-0.4, -0.2) is 50.9 Å². The van der Waals surface area contributed by atoms with E-state index in [9.17, 15) is 23.6 Å². The fourth-order valence-corrected chi connectivity index (χ4v) is 3.37. The maximum absolute atomic E-state index is 14.0. The van der Waals surface area contributed by atoms with Gasteiger partial charge in [0.1, 0.15) is 16.8 Å². The highest BCUT2D eigenvalue weighted by Gasteiger charge is 2.26. The lowest BCUT2D eigenvalue weighted by Gasteiger charge is -2.15. The van der Waals surface area contributed by atoms with Gasteiger partial charge in [-0.1, -0.05) is 6.92 Å². The number of carbonyl (C=O) groups is 4. The van der Waals surface area contributed by atoms with E-state index in [0.717, 1.165) is 23.5 Å². The zero-order chi connectivity index (χ0) is 24.0. The number of halogens is 1. The van der Waals surface area contributed by atoms with Crippen LogP contribution in [0.25, 0.3) is 0 Å². The van der Waals surface area contributed by atoms with Gasteiger partial charge in [-0.15, -0.1) is 11.3 Å². The Balaban J connectivity index is 2.00. The third-order valence-corrected chi connectivity index (χ3v) is 5.12. The van der Waals surface area contributed by atoms with E-state index in [1.807, 2.05) is 0 Å². The molecule has 13 heteroatoms. The monoisotopic (exact) mass is 466 g/mol. The Bertz CT molecular complexity index is 1070. The van der Waals surface area contributed by atoms with Crippen LogP contribution < -0.4 is 15.8 Å². The van der Waals surface area contributed by atoms with Gasteiger partial charge in [-0.25, -0.2) is 19.0 Å². The minimum absolute atomic E-state index is 0.0388. The largest absolute Gasteiger partial charge is 0.481 e. The number of nitrogens with one attached hydrogen (secondary N) is 2. The van der Waals surface area contributed by atoms with Crippen molar-refractivity contribution in [2.24, 2.45) is 11.7 Å². The zero-order valence-corrected chi connectivity index (χ0v) is 17.4. The molecule has 0 bridgehead atoms. The smallest absolute Gasteiger partial charge is 0.355 e. The van der Waals surface area contributed by atoms with Crippen LogP contribution in [-0.2, 0) is 20.8 Å². The van der Waals surface area contributed by atoms with Crippen LogP contribution in [0.2, 0.25) is 0 Å². The highest BCUT2D eigenvalue weighted by molar-refractivity contribution is 7.13. The maximum Gasteiger partial charge on any atom is 0.355 e. The van der Waals surface area contributed by atoms with Crippen molar-refractivity contribution in [1.29, 1.82) is 5.41 Å². The van der Waals surface area contributed by atoms with Crippen LogP contribution in [0.5, 0.6) is 5.75 Å². The van der Waals surface area contributed by atoms with Gasteiger partial charge in [0.2, 0.25) is 5.91 Å². The number of nitrogen functional groups attached to an aromatic ring is 1. The fraction of sp³-hybridized carbons (Fsp3) is 0.263. The van der Waals surface area contributed by atoms with E-state index < -0.39 is 48.0 Å². The van der Waals surface area contributed by atoms with Crippen molar-refractivity contribution in [3.8, 4) is 5.75 Å². The minimum Gasteiger partial charge on any atom is -0.481 e. The van der Waals surface area contributed by atoms with Crippen molar-refractivity contribution < 1.29 is 38.5 Å². The number of amidine groups is 1. The van der Waals surface area contributed by atoms with Gasteiger partial charge in [-0.2, -0.15) is 0 Å². The van der Waals surface area contributed by atoms with Crippen molar-refractivity contribution in [1.82, 2.24) is 10.3 Å². The number of carboxylic acid groups (broad SMARTS) is 2. The number of carbonyl (C=O) groups excluding carboxylic acids is 2. The lowest BCUT2D eigenvalue weighted by molar-refractivity contribution is -0.147. The molecule has 0 saturated carbocycles. The van der Waals surface area contributed by atoms with E-state index in [1.165, 1.54) is 19.2 Å². The summed E-state index contributed by atoms with van der Waals surface area (Å²) in [4.78, 5) is 50.3. The van der Waals surface area contributed by atoms with Gasteiger partial charge < -0.3 is 26.0 Å². The summed E-state index contributed by atoms with van der Waals surface area (Å²) in [7, 11) is 0. The summed E-state index contributed by atoms with van der Waals surface area (Å²) in [6.07, 6.45) is 0.467. The Kier molecular flexibility index (Phi) is 7.96. The second kappa shape index (κ2) is 10.4. The van der Waals surface area contributed by atoms with Gasteiger partial charge in [0, 0.05) is 17.9 Å². The van der Waals surface area contributed by atoms with E-state index in [1.54, 1.807) is 0 Å². The number of nitrogens with two attached hydrogens (primary N) is 1. The van der Waals surface area contributed by atoms with Gasteiger partial charge in [-0.05, 0) is 18.2 Å². The number of esters is 1. The first-order valence-electron chi connectivity index (χ1n) is 9.03. The number of thiazole rings is 1. The Hall–Kier alpha value is -3.87. The zero-order valence-electron chi connectivity index (χ0n) is 16.6. The molecule has 11 nitrogen and oxygen atoms in total. The molecule has 2 rings (SSSR count). The van der Waals surface area contributed by atoms with Crippen molar-refractivity contribution in [2.45, 2.75) is 25.8 Å². The average Bonchev–Trinajstić information content (AvgIpc) is 3.16. The van der Waals surface area contributed by atoms with E-state index in [0.29, 0.717) is 5.01 Å². The van der Waals surface area contributed by atoms with Gasteiger partial charge in [-0.3, -0.25) is 15.0 Å². The molecule has 1 heterocycles. The van der Waals surface area contributed by atoms with E-state index in [4.69, 9.17) is 26.1 Å². The van der Waals surface area contributed by atoms with Gasteiger partial charge in [0.15, 0.2) is 11.6 Å². The molecule has 0 aliphatic carbocycles. The standard InChI is InChI=1S/C19H19FN4O7S/c1-8(17(27)24-11(18(28)29)6-15(25)26)4-14-23-7-13(32-14)19(30)31-12-3-2-9(16(21)22)5-10(12)20/h2-3,5,7-8,11H,4,6H2,1H3,(H3,21,22)(H,24,27)(H,25,26)(H,28,29)/t8?,11-/m0/s1. The van der Waals surface area contributed by atoms with Crippen molar-refractivity contribution >= 4 is 41.0 Å². The third-order valence-electron chi connectivity index (χ3n) is 4.12. The van der Waals surface area contributed by atoms with Crippen LogP contribution in [0.3, 0.4) is 0 Å². The second-order valence-corrected chi connectivity index (χ2v) is 7.78. The molecular weight excluding hydrogens is 447 g/mol. The molecule has 6 N–H and O–H groups in total. The molecule has 0 spiro atoms. The van der Waals surface area contributed by atoms with Gasteiger partial charge in [0.05, 0.1) is 17.6 Å². The summed E-state index contributed by atoms with van der Waals surface area (Å²) in [5.41, 5.74) is 5.40. The molecule has 1 aromatic heterocycles. The van der Waals surface area contributed by atoms with Crippen LogP contribution in [0.4, 0.5) is 4.39 Å². The lowest BCUT2D eigenvalue weighted by atomic mass is 10.1. The molecule has 2 aromatic rings. The molecule has 0 radical (unpaired) electrons. The molecule has 1 aromatic carbocycles. The predicted octanol–water partition coefficient (Wildman–Crippen LogP) is 1.01. The number of hydrogen-bond acceptors (Lipinski definition) is 8. The second-order valence-electron chi connectivity index (χ2n) is 6.67. The first-order valence-corrected chi connectivity index (χ1v) is 9.85. The molecule has 170 valence electrons. The third kappa shape index (κ3) is 6.57. The number of carboxylic acids is 2. The van der Waals surface area contributed by atoms with Crippen molar-refractivity contribution in [2.75, 3.05) is 0 Å². The fourth-order valence-electron chi connectivity index (χ4n) is 2.44. The van der Waals surface area contributed by atoms with E-state index >= 15 is 0 Å². The average molecular weight is 466 g/mol. The van der Waals surface area contributed by atoms with Crippen LogP contribution in [0, 0.1) is 17.1 Å². The molecule has 0 aliphatic heterocycles. The number of nitrogens with zero attached hydrogens (tertiary/aromatic N) is 1. The van der Waals surface area contributed by atoms with Crippen LogP contribution in [0.15, 0.2) is 24.4 Å². The Labute approximate surface area is 184 Å². The Morgan fingerprint density at radius 3 is 2.56 bits per heavy atom. The van der Waals surface area contributed by atoms with Gasteiger partial charge >= 0.3 is 17.9 Å². The lowest BCUT2D eigenvalue weighted by Crippen LogP contribution is -2.44. The summed E-state index contributed by atoms with van der Waals surface area (Å²) < 4.78 is 19.0. The number of amides is 1. The molecule has 0 aliphatic rings. The summed E-state index contributed by atoms with van der Waals surface area (Å²) in [5, 5.41) is 27.5. The summed E-state index contributed by atoms with van der Waals surface area (Å²) >= 11 is 0.903. The number of aliphatic carboxylic acids is 2. The van der Waals surface area contributed by atoms with Crippen LogP contribution in [0.1, 0.15) is 33.6 Å². The molecule has 0 saturated heterocycles. The topological polar surface area (TPSA) is 193 Å². The maximum atomic E-state index is 14.0. The molecule has 2 atom stereocenters. The summed E-state index contributed by atoms with van der Waals surface area (Å²) in [6, 6.07) is 1.86. The molecule has 32 heavy (non-hydrogen) atoms. The number of rotatable bonds is 10. The first-order chi connectivity index (χ1) is 15.0. The SMILES string of the molecule is CC(Cc1ncc(C(=O)Oc2ccc(C(=N)N)cc2F)s1)C(=O)N[C@@H](CC(=O)O)C(=O)O. The molecule has 1 unspecified atom stereocenters. The van der Waals surface area contributed by atoms with E-state index in [-0.39, 0.29) is 28.4 Å². The number of ether oxygens (including phenoxy) is 1. The summed E-state index contributed by atoms with van der Waals surface area (Å²) in [6.45, 7) is 1.49. The van der Waals surface area contributed by atoms with Crippen molar-refractivity contribution in [3.05, 3.63) is 45.7 Å².